The highest BCUT2D eigenvalue weighted by molar-refractivity contribution is 7.93. The highest BCUT2D eigenvalue weighted by Crippen LogP contribution is 2.32. The van der Waals surface area contributed by atoms with Gasteiger partial charge in [0.15, 0.2) is 0 Å². The Morgan fingerprint density at radius 3 is 2.62 bits per heavy atom. The molecule has 8 nitrogen and oxygen atoms in total. The molecule has 0 spiro atoms. The molecule has 0 unspecified atom stereocenters. The van der Waals surface area contributed by atoms with E-state index in [1.807, 2.05) is 4.90 Å². The maximum Gasteiger partial charge on any atom is 0.253 e. The van der Waals surface area contributed by atoms with Crippen LogP contribution in [0.4, 0.5) is 0 Å². The van der Waals surface area contributed by atoms with Gasteiger partial charge in [-0.2, -0.15) is 5.10 Å². The highest BCUT2D eigenvalue weighted by atomic mass is 32.2. The van der Waals surface area contributed by atoms with Gasteiger partial charge < -0.3 is 10.6 Å². The van der Waals surface area contributed by atoms with Gasteiger partial charge in [-0.25, -0.2) is 13.4 Å². The first-order chi connectivity index (χ1) is 15.2. The molecule has 0 aliphatic carbocycles. The Bertz CT molecular complexity index is 1250. The summed E-state index contributed by atoms with van der Waals surface area (Å²) in [5.41, 5.74) is 7.34. The second-order valence-corrected chi connectivity index (χ2v) is 11.8. The van der Waals surface area contributed by atoms with Crippen molar-refractivity contribution < 1.29 is 13.2 Å². The maximum absolute atomic E-state index is 13.4. The van der Waals surface area contributed by atoms with E-state index in [1.54, 1.807) is 36.3 Å². The number of thiazole rings is 1. The molecule has 0 bridgehead atoms. The van der Waals surface area contributed by atoms with Gasteiger partial charge in [0.05, 0.1) is 17.3 Å². The van der Waals surface area contributed by atoms with E-state index in [0.717, 1.165) is 23.3 Å². The summed E-state index contributed by atoms with van der Waals surface area (Å²) in [5.74, 6) is 0.798. The van der Waals surface area contributed by atoms with Crippen molar-refractivity contribution in [2.75, 3.05) is 13.1 Å². The fraction of sp³-hybridized carbons (Fsp3) is 0.409. The van der Waals surface area contributed by atoms with E-state index in [0.29, 0.717) is 41.1 Å². The molecule has 0 radical (unpaired) electrons. The number of hydrogen-bond acceptors (Lipinski definition) is 7. The molecule has 2 aromatic heterocycles. The van der Waals surface area contributed by atoms with Gasteiger partial charge in [-0.15, -0.1) is 11.3 Å². The molecule has 1 fully saturated rings. The minimum absolute atomic E-state index is 0.0639. The molecule has 1 amide bonds. The van der Waals surface area contributed by atoms with Crippen molar-refractivity contribution in [2.24, 2.45) is 24.6 Å². The molecule has 3 aromatic rings. The number of nitrogens with two attached hydrogens (primary N) is 1. The number of likely N-dealkylation sites (tertiary alicyclic amines) is 1. The fourth-order valence-corrected chi connectivity index (χ4v) is 6.47. The normalized spacial score (nSPS) is 16.8. The molecule has 32 heavy (non-hydrogen) atoms. The summed E-state index contributed by atoms with van der Waals surface area (Å²) in [7, 11) is -2.06. The number of sulfone groups is 1. The van der Waals surface area contributed by atoms with Crippen molar-refractivity contribution in [1.82, 2.24) is 19.7 Å². The number of aryl methyl sites for hydroxylation is 1. The number of rotatable bonds is 6. The summed E-state index contributed by atoms with van der Waals surface area (Å²) in [5, 5.41) is 4.73. The third-order valence-electron chi connectivity index (χ3n) is 5.93. The van der Waals surface area contributed by atoms with Crippen LogP contribution in [-0.2, 0) is 23.4 Å². The maximum atomic E-state index is 13.4. The molecule has 170 valence electrons. The average Bonchev–Trinajstić information content (AvgIpc) is 3.53. The van der Waals surface area contributed by atoms with E-state index in [-0.39, 0.29) is 21.6 Å². The SMILES string of the molecule is CC(C)[C@@H]1CCN(C(=O)c2cc(-c3cnn(C)c3)cc(S(=O)(=O)c3cnc(CN)s3)c2)C1. The number of carbonyl (C=O) groups is 1. The van der Waals surface area contributed by atoms with Crippen molar-refractivity contribution in [2.45, 2.75) is 35.9 Å². The molecule has 1 aromatic carbocycles. The lowest BCUT2D eigenvalue weighted by Gasteiger charge is -2.19. The van der Waals surface area contributed by atoms with E-state index in [4.69, 9.17) is 5.73 Å². The number of nitrogens with zero attached hydrogens (tertiary/aromatic N) is 4. The van der Waals surface area contributed by atoms with Gasteiger partial charge >= 0.3 is 0 Å². The summed E-state index contributed by atoms with van der Waals surface area (Å²) in [4.78, 5) is 19.3. The van der Waals surface area contributed by atoms with Crippen LogP contribution in [0.2, 0.25) is 0 Å². The Hall–Kier alpha value is -2.56. The van der Waals surface area contributed by atoms with Crippen molar-refractivity contribution >= 4 is 27.1 Å². The lowest BCUT2D eigenvalue weighted by atomic mass is 9.95. The Balaban J connectivity index is 1.78. The van der Waals surface area contributed by atoms with Crippen molar-refractivity contribution in [3.8, 4) is 11.1 Å². The summed E-state index contributed by atoms with van der Waals surface area (Å²) in [6.07, 6.45) is 5.74. The highest BCUT2D eigenvalue weighted by Gasteiger charge is 2.30. The number of benzene rings is 1. The van der Waals surface area contributed by atoms with Crippen LogP contribution >= 0.6 is 11.3 Å². The quantitative estimate of drug-likeness (QED) is 0.589. The minimum atomic E-state index is -3.85. The van der Waals surface area contributed by atoms with E-state index in [9.17, 15) is 13.2 Å². The molecule has 3 heterocycles. The molecule has 1 saturated heterocycles. The lowest BCUT2D eigenvalue weighted by molar-refractivity contribution is 0.0784. The standard InChI is InChI=1S/C22H27N5O3S2/c1-14(2)15-4-5-27(13-15)22(28)17-6-16(18-10-25-26(3)12-18)7-19(8-17)32(29,30)21-11-24-20(9-23)31-21/h6-8,10-12,14-15H,4-5,9,13,23H2,1-3H3/t15-/m1/s1. The third-order valence-corrected chi connectivity index (χ3v) is 9.14. The van der Waals surface area contributed by atoms with Crippen molar-refractivity contribution in [3.05, 3.63) is 47.4 Å². The zero-order chi connectivity index (χ0) is 23.0. The van der Waals surface area contributed by atoms with E-state index >= 15 is 0 Å². The predicted octanol–water partition coefficient (Wildman–Crippen LogP) is 2.95. The fourth-order valence-electron chi connectivity index (χ4n) is 3.94. The number of aromatic nitrogens is 3. The lowest BCUT2D eigenvalue weighted by Crippen LogP contribution is -2.29. The average molecular weight is 474 g/mol. The number of carbonyl (C=O) groups excluding carboxylic acids is 1. The Morgan fingerprint density at radius 2 is 2.03 bits per heavy atom. The monoisotopic (exact) mass is 473 g/mol. The minimum Gasteiger partial charge on any atom is -0.338 e. The van der Waals surface area contributed by atoms with Gasteiger partial charge in [-0.1, -0.05) is 13.8 Å². The summed E-state index contributed by atoms with van der Waals surface area (Å²) in [6, 6.07) is 4.81. The van der Waals surface area contributed by atoms with Crippen molar-refractivity contribution in [1.29, 1.82) is 0 Å². The zero-order valence-electron chi connectivity index (χ0n) is 18.4. The molecule has 10 heteroatoms. The first-order valence-electron chi connectivity index (χ1n) is 10.5. The second-order valence-electron chi connectivity index (χ2n) is 8.47. The summed E-state index contributed by atoms with van der Waals surface area (Å²) < 4.78 is 28.5. The van der Waals surface area contributed by atoms with E-state index in [1.165, 1.54) is 12.3 Å². The molecule has 1 aliphatic heterocycles. The number of amides is 1. The van der Waals surface area contributed by atoms with Crippen LogP contribution in [0.3, 0.4) is 0 Å². The molecule has 0 saturated carbocycles. The summed E-state index contributed by atoms with van der Waals surface area (Å²) >= 11 is 1.05. The third kappa shape index (κ3) is 4.35. The van der Waals surface area contributed by atoms with Gasteiger partial charge in [0, 0.05) is 44.0 Å². The topological polar surface area (TPSA) is 111 Å². The van der Waals surface area contributed by atoms with E-state index < -0.39 is 9.84 Å². The number of hydrogen-bond donors (Lipinski definition) is 1. The molecule has 2 N–H and O–H groups in total. The van der Waals surface area contributed by atoms with Crippen LogP contribution in [-0.4, -0.2) is 47.1 Å². The molecular weight excluding hydrogens is 446 g/mol. The largest absolute Gasteiger partial charge is 0.338 e. The smallest absolute Gasteiger partial charge is 0.253 e. The van der Waals surface area contributed by atoms with Gasteiger partial charge in [-0.3, -0.25) is 9.48 Å². The van der Waals surface area contributed by atoms with Crippen LogP contribution in [0, 0.1) is 11.8 Å². The molecule has 1 aliphatic rings. The zero-order valence-corrected chi connectivity index (χ0v) is 20.0. The Morgan fingerprint density at radius 1 is 1.25 bits per heavy atom. The molecule has 1 atom stereocenters. The Kier molecular flexibility index (Phi) is 6.19. The van der Waals surface area contributed by atoms with Gasteiger partial charge in [0.25, 0.3) is 5.91 Å². The molecule has 4 rings (SSSR count). The van der Waals surface area contributed by atoms with Crippen LogP contribution in [0.5, 0.6) is 0 Å². The molecular formula is C22H27N5O3S2. The van der Waals surface area contributed by atoms with Gasteiger partial charge in [-0.05, 0) is 42.0 Å². The van der Waals surface area contributed by atoms with Crippen molar-refractivity contribution in [3.63, 3.8) is 0 Å². The Labute approximate surface area is 192 Å². The first kappa shape index (κ1) is 22.6. The van der Waals surface area contributed by atoms with Gasteiger partial charge in [0.1, 0.15) is 9.22 Å². The van der Waals surface area contributed by atoms with Crippen LogP contribution in [0.15, 0.2) is 45.9 Å². The van der Waals surface area contributed by atoms with Crippen LogP contribution < -0.4 is 5.73 Å². The van der Waals surface area contributed by atoms with E-state index in [2.05, 4.69) is 23.9 Å². The van der Waals surface area contributed by atoms with Crippen LogP contribution in [0.25, 0.3) is 11.1 Å². The summed E-state index contributed by atoms with van der Waals surface area (Å²) in [6.45, 7) is 5.86. The predicted molar refractivity (Wildman–Crippen MR) is 123 cm³/mol. The van der Waals surface area contributed by atoms with Crippen LogP contribution in [0.1, 0.15) is 35.6 Å². The first-order valence-corrected chi connectivity index (χ1v) is 12.8. The van der Waals surface area contributed by atoms with Gasteiger partial charge in [0.2, 0.25) is 9.84 Å². The second kappa shape index (κ2) is 8.76.